The largest absolute Gasteiger partial charge is 0.295 e. The van der Waals surface area contributed by atoms with Gasteiger partial charge in [-0.3, -0.25) is 9.79 Å². The first-order valence-corrected chi connectivity index (χ1v) is 10.0. The minimum absolute atomic E-state index is 0.0476. The zero-order valence-electron chi connectivity index (χ0n) is 17.2. The highest BCUT2D eigenvalue weighted by Gasteiger charge is 2.15. The lowest BCUT2D eigenvalue weighted by atomic mass is 9.89. The molecule has 0 amide bonds. The molecule has 0 fully saturated rings. The highest BCUT2D eigenvalue weighted by molar-refractivity contribution is 6.04. The van der Waals surface area contributed by atoms with Gasteiger partial charge in [-0.15, -0.1) is 0 Å². The first-order chi connectivity index (χ1) is 14.6. The second-order valence-electron chi connectivity index (χ2n) is 7.37. The van der Waals surface area contributed by atoms with Crippen molar-refractivity contribution >= 4 is 17.7 Å². The number of hydrogen-bond donors (Lipinski definition) is 0. The molecule has 0 saturated carbocycles. The second-order valence-corrected chi connectivity index (χ2v) is 7.37. The summed E-state index contributed by atoms with van der Waals surface area (Å²) in [6, 6.07) is 32.4. The Kier molecular flexibility index (Phi) is 5.67. The normalized spacial score (nSPS) is 11.0. The Bertz CT molecular complexity index is 1130. The Morgan fingerprint density at radius 3 is 1.70 bits per heavy atom. The number of rotatable bonds is 5. The van der Waals surface area contributed by atoms with E-state index in [1.54, 1.807) is 6.92 Å². The first-order valence-electron chi connectivity index (χ1n) is 10.0. The molecule has 0 radical (unpaired) electrons. The van der Waals surface area contributed by atoms with Crippen molar-refractivity contribution in [3.05, 3.63) is 114 Å². The molecule has 30 heavy (non-hydrogen) atoms. The van der Waals surface area contributed by atoms with E-state index in [9.17, 15) is 4.79 Å². The van der Waals surface area contributed by atoms with Gasteiger partial charge in [-0.05, 0) is 60.4 Å². The van der Waals surface area contributed by atoms with Crippen LogP contribution in [0.3, 0.4) is 0 Å². The van der Waals surface area contributed by atoms with Gasteiger partial charge in [0.05, 0.1) is 5.69 Å². The van der Waals surface area contributed by atoms with E-state index in [1.807, 2.05) is 66.9 Å². The third-order valence-corrected chi connectivity index (χ3v) is 5.13. The monoisotopic (exact) mass is 389 g/mol. The average molecular weight is 389 g/mol. The molecule has 0 aliphatic rings. The van der Waals surface area contributed by atoms with Gasteiger partial charge in [0, 0.05) is 17.3 Å². The van der Waals surface area contributed by atoms with Crippen molar-refractivity contribution in [3.8, 4) is 22.3 Å². The van der Waals surface area contributed by atoms with Gasteiger partial charge in [-0.2, -0.15) is 0 Å². The molecule has 0 saturated heterocycles. The van der Waals surface area contributed by atoms with Crippen molar-refractivity contribution in [2.75, 3.05) is 0 Å². The van der Waals surface area contributed by atoms with Gasteiger partial charge >= 0.3 is 0 Å². The van der Waals surface area contributed by atoms with Crippen LogP contribution in [0.2, 0.25) is 0 Å². The maximum atomic E-state index is 12.3. The Morgan fingerprint density at radius 2 is 1.23 bits per heavy atom. The first kappa shape index (κ1) is 19.5. The molecule has 0 heterocycles. The van der Waals surface area contributed by atoms with E-state index in [1.165, 1.54) is 5.56 Å². The van der Waals surface area contributed by atoms with Crippen molar-refractivity contribution < 1.29 is 4.79 Å². The number of Topliss-reactive ketones (excluding diaryl/α,β-unsaturated/α-hetero) is 1. The van der Waals surface area contributed by atoms with Gasteiger partial charge in [-0.25, -0.2) is 0 Å². The smallest absolute Gasteiger partial charge is 0.159 e. The number of carbonyl (C=O) groups is 1. The molecule has 0 aliphatic carbocycles. The summed E-state index contributed by atoms with van der Waals surface area (Å²) in [7, 11) is 0. The van der Waals surface area contributed by atoms with Crippen LogP contribution in [0.5, 0.6) is 0 Å². The molecule has 4 aromatic rings. The minimum Gasteiger partial charge on any atom is -0.295 e. The van der Waals surface area contributed by atoms with Crippen LogP contribution in [0.15, 0.2) is 102 Å². The van der Waals surface area contributed by atoms with Crippen LogP contribution < -0.4 is 0 Å². The lowest BCUT2D eigenvalue weighted by Gasteiger charge is -2.15. The topological polar surface area (TPSA) is 29.4 Å². The van der Waals surface area contributed by atoms with E-state index < -0.39 is 0 Å². The Labute approximate surface area is 177 Å². The van der Waals surface area contributed by atoms with E-state index in [2.05, 4.69) is 43.3 Å². The molecule has 0 bridgehead atoms. The predicted octanol–water partition coefficient (Wildman–Crippen LogP) is 7.28. The summed E-state index contributed by atoms with van der Waals surface area (Å²) in [5.74, 6) is 0.0476. The molecule has 4 rings (SSSR count). The summed E-state index contributed by atoms with van der Waals surface area (Å²) in [6.07, 6.45) is 1.92. The van der Waals surface area contributed by atoms with E-state index in [4.69, 9.17) is 4.99 Å². The Balaban J connectivity index is 1.96. The summed E-state index contributed by atoms with van der Waals surface area (Å²) in [5.41, 5.74) is 7.91. The number of benzene rings is 4. The summed E-state index contributed by atoms with van der Waals surface area (Å²) in [6.45, 7) is 3.67. The molecule has 0 unspecified atom stereocenters. The highest BCUT2D eigenvalue weighted by atomic mass is 16.1. The minimum atomic E-state index is 0.0476. The average Bonchev–Trinajstić information content (AvgIpc) is 2.79. The number of hydrogen-bond acceptors (Lipinski definition) is 2. The summed E-state index contributed by atoms with van der Waals surface area (Å²) < 4.78 is 0. The van der Waals surface area contributed by atoms with Crippen LogP contribution >= 0.6 is 0 Å². The van der Waals surface area contributed by atoms with Gasteiger partial charge in [0.15, 0.2) is 5.78 Å². The molecular weight excluding hydrogens is 366 g/mol. The van der Waals surface area contributed by atoms with E-state index in [-0.39, 0.29) is 5.78 Å². The third-order valence-electron chi connectivity index (χ3n) is 5.13. The summed E-state index contributed by atoms with van der Waals surface area (Å²) in [4.78, 5) is 17.1. The number of nitrogens with zero attached hydrogens (tertiary/aromatic N) is 1. The number of carbonyl (C=O) groups excluding carboxylic acids is 1. The lowest BCUT2D eigenvalue weighted by Crippen LogP contribution is -2.00. The molecule has 2 nitrogen and oxygen atoms in total. The molecule has 0 atom stereocenters. The summed E-state index contributed by atoms with van der Waals surface area (Å²) >= 11 is 0. The van der Waals surface area contributed by atoms with E-state index in [0.29, 0.717) is 5.56 Å². The third kappa shape index (κ3) is 4.28. The Hall–Kier alpha value is -3.78. The molecule has 0 aliphatic heterocycles. The molecular formula is C28H23NO. The van der Waals surface area contributed by atoms with Crippen LogP contribution in [0.25, 0.3) is 22.3 Å². The van der Waals surface area contributed by atoms with Gasteiger partial charge < -0.3 is 0 Å². The van der Waals surface area contributed by atoms with Gasteiger partial charge in [0.25, 0.3) is 0 Å². The van der Waals surface area contributed by atoms with Gasteiger partial charge in [0.1, 0.15) is 0 Å². The fourth-order valence-electron chi connectivity index (χ4n) is 3.48. The van der Waals surface area contributed by atoms with E-state index >= 15 is 0 Å². The van der Waals surface area contributed by atoms with Crippen LogP contribution in [0.1, 0.15) is 28.4 Å². The van der Waals surface area contributed by atoms with Crippen LogP contribution in [-0.4, -0.2) is 12.0 Å². The van der Waals surface area contributed by atoms with E-state index in [0.717, 1.165) is 33.5 Å². The van der Waals surface area contributed by atoms with Crippen molar-refractivity contribution in [1.82, 2.24) is 0 Å². The van der Waals surface area contributed by atoms with Crippen LogP contribution in [0, 0.1) is 6.92 Å². The van der Waals surface area contributed by atoms with Crippen molar-refractivity contribution in [1.29, 1.82) is 0 Å². The molecule has 4 aromatic carbocycles. The number of aryl methyl sites for hydroxylation is 1. The number of ketones is 1. The molecule has 0 spiro atoms. The molecule has 2 heteroatoms. The quantitative estimate of drug-likeness (QED) is 0.260. The molecule has 0 N–H and O–H groups in total. The van der Waals surface area contributed by atoms with Crippen LogP contribution in [-0.2, 0) is 0 Å². The van der Waals surface area contributed by atoms with Crippen LogP contribution in [0.4, 0.5) is 5.69 Å². The fraction of sp³-hybridized carbons (Fsp3) is 0.0714. The van der Waals surface area contributed by atoms with Crippen molar-refractivity contribution in [2.24, 2.45) is 4.99 Å². The maximum absolute atomic E-state index is 12.3. The summed E-state index contributed by atoms with van der Waals surface area (Å²) in [5, 5.41) is 0. The maximum Gasteiger partial charge on any atom is 0.159 e. The predicted molar refractivity (Wildman–Crippen MR) is 126 cm³/mol. The Morgan fingerprint density at radius 1 is 0.733 bits per heavy atom. The zero-order valence-corrected chi connectivity index (χ0v) is 17.2. The second kappa shape index (κ2) is 8.71. The zero-order chi connectivity index (χ0) is 20.9. The van der Waals surface area contributed by atoms with Gasteiger partial charge in [-0.1, -0.05) is 78.4 Å². The molecule has 0 aromatic heterocycles. The van der Waals surface area contributed by atoms with Gasteiger partial charge in [0.2, 0.25) is 0 Å². The lowest BCUT2D eigenvalue weighted by molar-refractivity contribution is 0.101. The molecule has 146 valence electrons. The highest BCUT2D eigenvalue weighted by Crippen LogP contribution is 2.33. The van der Waals surface area contributed by atoms with Crippen molar-refractivity contribution in [2.45, 2.75) is 13.8 Å². The van der Waals surface area contributed by atoms with Crippen molar-refractivity contribution in [3.63, 3.8) is 0 Å². The fourth-order valence-corrected chi connectivity index (χ4v) is 3.48. The number of aliphatic imine (C=N–C) groups is 1. The SMILES string of the molecule is CC(=O)c1cc(-c2ccccc2)c(C=Nc2ccc(C)cc2)c(-c2ccccc2)c1. The standard InChI is InChI=1S/C28H23NO/c1-20-13-15-25(16-14-20)29-19-28-26(22-9-5-3-6-10-22)17-24(21(2)30)18-27(28)23-11-7-4-8-12-23/h3-19H,1-2H3.